The van der Waals surface area contributed by atoms with Gasteiger partial charge < -0.3 is 9.80 Å². The van der Waals surface area contributed by atoms with E-state index in [9.17, 15) is 0 Å². The van der Waals surface area contributed by atoms with Crippen LogP contribution < -0.4 is 9.80 Å². The van der Waals surface area contributed by atoms with Crippen LogP contribution >= 0.6 is 0 Å². The molecule has 0 aliphatic carbocycles. The normalized spacial score (nSPS) is 10.9. The molecule has 0 amide bonds. The molecule has 240 valence electrons. The zero-order valence-electron chi connectivity index (χ0n) is 28.6. The SMILES string of the molecule is Cc1ccc(N(c2ccc(C)cc2)c2ccc(CCc3ccc(N(c4ccc(C)cc4)c4ccc(-c5ccccc5)cc4)cc3)cc2)cc1. The molecule has 0 N–H and O–H groups in total. The molecule has 7 aromatic rings. The third-order valence-electron chi connectivity index (χ3n) is 9.20. The molecule has 0 aliphatic heterocycles. The lowest BCUT2D eigenvalue weighted by Gasteiger charge is -2.26. The number of rotatable bonds is 10. The summed E-state index contributed by atoms with van der Waals surface area (Å²) in [7, 11) is 0. The van der Waals surface area contributed by atoms with Crippen LogP contribution in [0.4, 0.5) is 34.1 Å². The van der Waals surface area contributed by atoms with Crippen molar-refractivity contribution in [2.24, 2.45) is 0 Å². The van der Waals surface area contributed by atoms with Gasteiger partial charge >= 0.3 is 0 Å². The minimum Gasteiger partial charge on any atom is -0.311 e. The first-order chi connectivity index (χ1) is 24.0. The van der Waals surface area contributed by atoms with Gasteiger partial charge in [-0.3, -0.25) is 0 Å². The predicted molar refractivity (Wildman–Crippen MR) is 209 cm³/mol. The van der Waals surface area contributed by atoms with Gasteiger partial charge in [0, 0.05) is 34.1 Å². The first kappa shape index (κ1) is 31.7. The highest BCUT2D eigenvalue weighted by molar-refractivity contribution is 5.79. The largest absolute Gasteiger partial charge is 0.311 e. The minimum atomic E-state index is 0.982. The van der Waals surface area contributed by atoms with E-state index < -0.39 is 0 Å². The van der Waals surface area contributed by atoms with Crippen molar-refractivity contribution in [1.82, 2.24) is 0 Å². The Morgan fingerprint density at radius 1 is 0.286 bits per heavy atom. The molecule has 0 fully saturated rings. The van der Waals surface area contributed by atoms with Crippen LogP contribution in [0.25, 0.3) is 11.1 Å². The second-order valence-corrected chi connectivity index (χ2v) is 12.9. The summed E-state index contributed by atoms with van der Waals surface area (Å²) in [6.45, 7) is 6.40. The summed E-state index contributed by atoms with van der Waals surface area (Å²) in [6.07, 6.45) is 1.97. The Bertz CT molecular complexity index is 2030. The van der Waals surface area contributed by atoms with Crippen molar-refractivity contribution >= 4 is 34.1 Å². The van der Waals surface area contributed by atoms with Crippen molar-refractivity contribution in [1.29, 1.82) is 0 Å². The average molecular weight is 635 g/mol. The van der Waals surface area contributed by atoms with Crippen LogP contribution in [0.3, 0.4) is 0 Å². The molecule has 0 atom stereocenters. The zero-order valence-corrected chi connectivity index (χ0v) is 28.6. The van der Waals surface area contributed by atoms with Crippen molar-refractivity contribution in [2.75, 3.05) is 9.80 Å². The van der Waals surface area contributed by atoms with Gasteiger partial charge in [0.2, 0.25) is 0 Å². The molecule has 0 aromatic heterocycles. The summed E-state index contributed by atoms with van der Waals surface area (Å²) in [6, 6.07) is 63.8. The number of anilines is 6. The van der Waals surface area contributed by atoms with Gasteiger partial charge in [-0.15, -0.1) is 0 Å². The predicted octanol–water partition coefficient (Wildman–Crippen LogP) is 13.0. The lowest BCUT2D eigenvalue weighted by molar-refractivity contribution is 0.959. The quantitative estimate of drug-likeness (QED) is 0.148. The maximum atomic E-state index is 2.34. The Morgan fingerprint density at radius 2 is 0.551 bits per heavy atom. The fraction of sp³-hybridized carbons (Fsp3) is 0.106. The smallest absolute Gasteiger partial charge is 0.0462 e. The second-order valence-electron chi connectivity index (χ2n) is 12.9. The number of nitrogens with zero attached hydrogens (tertiary/aromatic N) is 2. The number of aryl methyl sites for hydroxylation is 5. The standard InChI is InChI=1S/C47H42N2/c1-35-9-23-42(24-10-35)48(43-25-11-36(2)12-26-43)45-29-17-38(18-30-45)15-16-39-19-31-46(32-20-39)49(44-27-13-37(3)14-28-44)47-33-21-41(22-34-47)40-7-5-4-6-8-40/h4-14,17-34H,15-16H2,1-3H3. The average Bonchev–Trinajstić information content (AvgIpc) is 3.15. The van der Waals surface area contributed by atoms with E-state index in [0.717, 1.165) is 47.0 Å². The maximum absolute atomic E-state index is 2.34. The van der Waals surface area contributed by atoms with Crippen molar-refractivity contribution < 1.29 is 0 Å². The maximum Gasteiger partial charge on any atom is 0.0462 e. The lowest BCUT2D eigenvalue weighted by atomic mass is 10.0. The first-order valence-corrected chi connectivity index (χ1v) is 17.1. The molecule has 0 saturated carbocycles. The van der Waals surface area contributed by atoms with Crippen LogP contribution in [0.15, 0.2) is 176 Å². The number of hydrogen-bond donors (Lipinski definition) is 0. The van der Waals surface area contributed by atoms with Crippen LogP contribution in [-0.2, 0) is 12.8 Å². The van der Waals surface area contributed by atoms with Crippen LogP contribution in [0.2, 0.25) is 0 Å². The van der Waals surface area contributed by atoms with Crippen LogP contribution in [0, 0.1) is 20.8 Å². The van der Waals surface area contributed by atoms with E-state index in [1.807, 2.05) is 0 Å². The molecule has 0 radical (unpaired) electrons. The summed E-state index contributed by atoms with van der Waals surface area (Å²) in [4.78, 5) is 4.67. The van der Waals surface area contributed by atoms with E-state index in [2.05, 4.69) is 206 Å². The van der Waals surface area contributed by atoms with E-state index in [0.29, 0.717) is 0 Å². The second kappa shape index (κ2) is 14.5. The Labute approximate surface area is 291 Å². The van der Waals surface area contributed by atoms with Crippen molar-refractivity contribution in [3.63, 3.8) is 0 Å². The molecule has 0 aliphatic rings. The van der Waals surface area contributed by atoms with Crippen LogP contribution in [-0.4, -0.2) is 0 Å². The van der Waals surface area contributed by atoms with E-state index >= 15 is 0 Å². The third kappa shape index (κ3) is 7.50. The molecular formula is C47H42N2. The molecule has 0 saturated heterocycles. The molecule has 2 heteroatoms. The van der Waals surface area contributed by atoms with Gasteiger partial charge in [0.1, 0.15) is 0 Å². The van der Waals surface area contributed by atoms with E-state index in [4.69, 9.17) is 0 Å². The summed E-state index contributed by atoms with van der Waals surface area (Å²) < 4.78 is 0. The van der Waals surface area contributed by atoms with Crippen molar-refractivity contribution in [3.05, 3.63) is 204 Å². The molecule has 7 aromatic carbocycles. The topological polar surface area (TPSA) is 6.48 Å². The monoisotopic (exact) mass is 634 g/mol. The first-order valence-electron chi connectivity index (χ1n) is 17.1. The summed E-state index contributed by atoms with van der Waals surface area (Å²) in [5, 5.41) is 0. The molecule has 0 spiro atoms. The summed E-state index contributed by atoms with van der Waals surface area (Å²) >= 11 is 0. The Balaban J connectivity index is 1.08. The van der Waals surface area contributed by atoms with Gasteiger partial charge in [-0.1, -0.05) is 120 Å². The molecule has 2 nitrogen and oxygen atoms in total. The van der Waals surface area contributed by atoms with Crippen molar-refractivity contribution in [2.45, 2.75) is 33.6 Å². The van der Waals surface area contributed by atoms with Crippen molar-refractivity contribution in [3.8, 4) is 11.1 Å². The summed E-state index contributed by atoms with van der Waals surface area (Å²) in [5.74, 6) is 0. The Kier molecular flexibility index (Phi) is 9.39. The zero-order chi connectivity index (χ0) is 33.6. The fourth-order valence-corrected chi connectivity index (χ4v) is 6.32. The lowest BCUT2D eigenvalue weighted by Crippen LogP contribution is -2.10. The van der Waals surface area contributed by atoms with Gasteiger partial charge in [-0.25, -0.2) is 0 Å². The highest BCUT2D eigenvalue weighted by Crippen LogP contribution is 2.37. The number of benzene rings is 7. The van der Waals surface area contributed by atoms with Gasteiger partial charge in [0.15, 0.2) is 0 Å². The molecule has 0 heterocycles. The van der Waals surface area contributed by atoms with Crippen LogP contribution in [0.1, 0.15) is 27.8 Å². The highest BCUT2D eigenvalue weighted by atomic mass is 15.1. The van der Waals surface area contributed by atoms with Gasteiger partial charge in [0.05, 0.1) is 0 Å². The fourth-order valence-electron chi connectivity index (χ4n) is 6.32. The van der Waals surface area contributed by atoms with E-state index in [1.54, 1.807) is 0 Å². The van der Waals surface area contributed by atoms with E-state index in [-0.39, 0.29) is 0 Å². The highest BCUT2D eigenvalue weighted by Gasteiger charge is 2.14. The Morgan fingerprint density at radius 3 is 0.878 bits per heavy atom. The molecule has 0 bridgehead atoms. The molecular weight excluding hydrogens is 593 g/mol. The third-order valence-corrected chi connectivity index (χ3v) is 9.20. The number of hydrogen-bond acceptors (Lipinski definition) is 2. The van der Waals surface area contributed by atoms with Gasteiger partial charge in [-0.2, -0.15) is 0 Å². The molecule has 49 heavy (non-hydrogen) atoms. The molecule has 0 unspecified atom stereocenters. The van der Waals surface area contributed by atoms with Crippen LogP contribution in [0.5, 0.6) is 0 Å². The minimum absolute atomic E-state index is 0.982. The Hall–Kier alpha value is -5.86. The van der Waals surface area contributed by atoms with E-state index in [1.165, 1.54) is 38.9 Å². The summed E-state index contributed by atoms with van der Waals surface area (Å²) in [5.41, 5.74) is 15.8. The molecule has 7 rings (SSSR count). The van der Waals surface area contributed by atoms with Gasteiger partial charge in [-0.05, 0) is 129 Å². The van der Waals surface area contributed by atoms with Gasteiger partial charge in [0.25, 0.3) is 0 Å².